The first kappa shape index (κ1) is 15.1. The summed E-state index contributed by atoms with van der Waals surface area (Å²) in [5.41, 5.74) is 3.39. The third-order valence-corrected chi connectivity index (χ3v) is 4.40. The Bertz CT molecular complexity index is 741. The van der Waals surface area contributed by atoms with Crippen LogP contribution in [0.15, 0.2) is 62.6 Å². The Morgan fingerprint density at radius 1 is 1.05 bits per heavy atom. The highest BCUT2D eigenvalue weighted by Crippen LogP contribution is 2.25. The van der Waals surface area contributed by atoms with Gasteiger partial charge in [0, 0.05) is 15.9 Å². The molecule has 2 aromatic carbocycles. The van der Waals surface area contributed by atoms with Crippen LogP contribution >= 0.6 is 27.7 Å². The highest BCUT2D eigenvalue weighted by molar-refractivity contribution is 9.10. The van der Waals surface area contributed by atoms with Gasteiger partial charge in [-0.1, -0.05) is 67.7 Å². The van der Waals surface area contributed by atoms with Crippen molar-refractivity contribution < 1.29 is 4.42 Å². The number of nitrogens with zero attached hydrogens (tertiary/aromatic N) is 2. The molecule has 4 nitrogen and oxygen atoms in total. The summed E-state index contributed by atoms with van der Waals surface area (Å²) in [6.07, 6.45) is 0. The van der Waals surface area contributed by atoms with Crippen molar-refractivity contribution in [2.75, 3.05) is 5.32 Å². The molecule has 22 heavy (non-hydrogen) atoms. The van der Waals surface area contributed by atoms with Crippen LogP contribution in [0.25, 0.3) is 0 Å². The van der Waals surface area contributed by atoms with Crippen molar-refractivity contribution in [1.29, 1.82) is 0 Å². The molecular formula is C16H14BrN3OS. The van der Waals surface area contributed by atoms with Gasteiger partial charge in [0.1, 0.15) is 0 Å². The zero-order chi connectivity index (χ0) is 15.4. The molecule has 0 aliphatic rings. The third kappa shape index (κ3) is 4.11. The van der Waals surface area contributed by atoms with E-state index in [1.807, 2.05) is 24.3 Å². The molecule has 0 fully saturated rings. The Balaban J connectivity index is 1.59. The fourth-order valence-electron chi connectivity index (χ4n) is 1.80. The second-order valence-corrected chi connectivity index (χ2v) is 6.62. The molecule has 0 aliphatic heterocycles. The molecule has 0 atom stereocenters. The molecule has 6 heteroatoms. The van der Waals surface area contributed by atoms with Crippen molar-refractivity contribution in [3.05, 3.63) is 64.1 Å². The number of aryl methyl sites for hydroxylation is 1. The molecule has 0 amide bonds. The fourth-order valence-corrected chi connectivity index (χ4v) is 2.79. The van der Waals surface area contributed by atoms with E-state index < -0.39 is 0 Å². The zero-order valence-corrected chi connectivity index (χ0v) is 14.3. The van der Waals surface area contributed by atoms with Gasteiger partial charge in [-0.3, -0.25) is 0 Å². The summed E-state index contributed by atoms with van der Waals surface area (Å²) in [4.78, 5) is 0. The lowest BCUT2D eigenvalue weighted by atomic mass is 10.2. The van der Waals surface area contributed by atoms with E-state index in [2.05, 4.69) is 62.6 Å². The molecule has 0 saturated heterocycles. The number of aromatic nitrogens is 2. The minimum atomic E-state index is 0.397. The maximum atomic E-state index is 5.58. The van der Waals surface area contributed by atoms with Gasteiger partial charge in [0.2, 0.25) is 0 Å². The fraction of sp³-hybridized carbons (Fsp3) is 0.125. The number of nitrogens with one attached hydrogen (secondary N) is 1. The number of benzene rings is 2. The molecule has 0 aliphatic carbocycles. The minimum absolute atomic E-state index is 0.397. The first-order valence-electron chi connectivity index (χ1n) is 6.73. The van der Waals surface area contributed by atoms with E-state index in [0.717, 1.165) is 15.9 Å². The van der Waals surface area contributed by atoms with E-state index in [0.29, 0.717) is 11.2 Å². The van der Waals surface area contributed by atoms with Crippen molar-refractivity contribution in [2.24, 2.45) is 0 Å². The van der Waals surface area contributed by atoms with Crippen LogP contribution < -0.4 is 5.32 Å². The van der Waals surface area contributed by atoms with Gasteiger partial charge in [-0.15, -0.1) is 0 Å². The summed E-state index contributed by atoms with van der Waals surface area (Å²) in [7, 11) is 0. The van der Waals surface area contributed by atoms with Crippen LogP contribution in [0.3, 0.4) is 0 Å². The molecule has 1 heterocycles. The molecule has 1 N–H and O–H groups in total. The van der Waals surface area contributed by atoms with Crippen molar-refractivity contribution in [3.63, 3.8) is 0 Å². The number of hydrogen-bond donors (Lipinski definition) is 1. The molecule has 0 spiro atoms. The quantitative estimate of drug-likeness (QED) is 0.622. The summed E-state index contributed by atoms with van der Waals surface area (Å²) in [6.45, 7) is 2.08. The summed E-state index contributed by atoms with van der Waals surface area (Å²) < 4.78 is 6.61. The maximum absolute atomic E-state index is 5.58. The monoisotopic (exact) mass is 375 g/mol. The van der Waals surface area contributed by atoms with Crippen molar-refractivity contribution >= 4 is 39.4 Å². The lowest BCUT2D eigenvalue weighted by Crippen LogP contribution is -1.89. The third-order valence-electron chi connectivity index (χ3n) is 2.98. The molecule has 3 rings (SSSR count). The minimum Gasteiger partial charge on any atom is -0.398 e. The smallest absolute Gasteiger partial charge is 0.320 e. The average Bonchev–Trinajstić information content (AvgIpc) is 2.97. The summed E-state index contributed by atoms with van der Waals surface area (Å²) in [5.74, 6) is 0.806. The molecule has 0 bridgehead atoms. The second-order valence-electron chi connectivity index (χ2n) is 4.78. The normalized spacial score (nSPS) is 10.6. The zero-order valence-electron chi connectivity index (χ0n) is 11.9. The van der Waals surface area contributed by atoms with E-state index >= 15 is 0 Å². The lowest BCUT2D eigenvalue weighted by molar-refractivity contribution is 0.468. The van der Waals surface area contributed by atoms with E-state index in [4.69, 9.17) is 4.42 Å². The van der Waals surface area contributed by atoms with E-state index in [-0.39, 0.29) is 0 Å². The summed E-state index contributed by atoms with van der Waals surface area (Å²) in [6, 6.07) is 16.6. The SMILES string of the molecule is Cc1ccc(CSc2nnc(Nc3ccc(Br)cc3)o2)cc1. The topological polar surface area (TPSA) is 51.0 Å². The van der Waals surface area contributed by atoms with Gasteiger partial charge in [-0.25, -0.2) is 0 Å². The Kier molecular flexibility index (Phi) is 4.80. The Hall–Kier alpha value is -1.79. The van der Waals surface area contributed by atoms with Crippen LogP contribution in [0.1, 0.15) is 11.1 Å². The Morgan fingerprint density at radius 2 is 1.77 bits per heavy atom. The van der Waals surface area contributed by atoms with Gasteiger partial charge in [-0.2, -0.15) is 0 Å². The molecule has 1 aromatic heterocycles. The molecule has 0 saturated carbocycles. The second kappa shape index (κ2) is 6.98. The van der Waals surface area contributed by atoms with E-state index in [1.54, 1.807) is 0 Å². The van der Waals surface area contributed by atoms with Gasteiger partial charge in [0.15, 0.2) is 0 Å². The lowest BCUT2D eigenvalue weighted by Gasteiger charge is -2.00. The van der Waals surface area contributed by atoms with Crippen LogP contribution in [-0.2, 0) is 5.75 Å². The first-order chi connectivity index (χ1) is 10.7. The Morgan fingerprint density at radius 3 is 2.50 bits per heavy atom. The average molecular weight is 376 g/mol. The van der Waals surface area contributed by atoms with Crippen LogP contribution in [0.5, 0.6) is 0 Å². The number of rotatable bonds is 5. The highest BCUT2D eigenvalue weighted by Gasteiger charge is 2.07. The molecule has 0 radical (unpaired) electrons. The van der Waals surface area contributed by atoms with Crippen LogP contribution in [0.2, 0.25) is 0 Å². The molecule has 3 aromatic rings. The predicted octanol–water partition coefficient (Wildman–Crippen LogP) is 5.18. The van der Waals surface area contributed by atoms with Crippen LogP contribution in [-0.4, -0.2) is 10.2 Å². The maximum Gasteiger partial charge on any atom is 0.320 e. The number of hydrogen-bond acceptors (Lipinski definition) is 5. The standard InChI is InChI=1S/C16H14BrN3OS/c1-11-2-4-12(5-3-11)10-22-16-20-19-15(21-16)18-14-8-6-13(17)7-9-14/h2-9H,10H2,1H3,(H,18,19). The van der Waals surface area contributed by atoms with E-state index in [1.165, 1.54) is 22.9 Å². The van der Waals surface area contributed by atoms with Crippen molar-refractivity contribution in [2.45, 2.75) is 17.9 Å². The first-order valence-corrected chi connectivity index (χ1v) is 8.51. The van der Waals surface area contributed by atoms with Crippen molar-refractivity contribution in [3.8, 4) is 0 Å². The van der Waals surface area contributed by atoms with Gasteiger partial charge in [0.25, 0.3) is 5.22 Å². The Labute approximate surface area is 141 Å². The number of thioether (sulfide) groups is 1. The number of halogens is 1. The number of anilines is 2. The van der Waals surface area contributed by atoms with Gasteiger partial charge in [-0.05, 0) is 36.8 Å². The van der Waals surface area contributed by atoms with Crippen LogP contribution in [0, 0.1) is 6.92 Å². The molecule has 0 unspecified atom stereocenters. The van der Waals surface area contributed by atoms with Gasteiger partial charge < -0.3 is 9.73 Å². The van der Waals surface area contributed by atoms with Crippen molar-refractivity contribution in [1.82, 2.24) is 10.2 Å². The largest absolute Gasteiger partial charge is 0.398 e. The molecule has 112 valence electrons. The van der Waals surface area contributed by atoms with E-state index in [9.17, 15) is 0 Å². The summed E-state index contributed by atoms with van der Waals surface area (Å²) >= 11 is 4.93. The highest BCUT2D eigenvalue weighted by atomic mass is 79.9. The van der Waals surface area contributed by atoms with Gasteiger partial charge in [0.05, 0.1) is 0 Å². The van der Waals surface area contributed by atoms with Crippen LogP contribution in [0.4, 0.5) is 11.7 Å². The van der Waals surface area contributed by atoms with Gasteiger partial charge >= 0.3 is 6.01 Å². The summed E-state index contributed by atoms with van der Waals surface area (Å²) in [5, 5.41) is 11.7. The molecular weight excluding hydrogens is 362 g/mol. The predicted molar refractivity (Wildman–Crippen MR) is 92.5 cm³/mol.